The van der Waals surface area contributed by atoms with Crippen molar-refractivity contribution in [1.82, 2.24) is 14.9 Å². The summed E-state index contributed by atoms with van der Waals surface area (Å²) in [7, 11) is -4.33. The lowest BCUT2D eigenvalue weighted by molar-refractivity contribution is -0.0413. The molecule has 0 saturated carbocycles. The normalized spacial score (nSPS) is 17.8. The van der Waals surface area contributed by atoms with E-state index in [4.69, 9.17) is 27.8 Å². The quantitative estimate of drug-likeness (QED) is 0.0854. The van der Waals surface area contributed by atoms with E-state index in [0.717, 1.165) is 27.5 Å². The second kappa shape index (κ2) is 17.4. The topological polar surface area (TPSA) is 131 Å². The zero-order chi connectivity index (χ0) is 43.7. The highest BCUT2D eigenvalue weighted by atomic mass is 28.4. The molecule has 0 unspecified atom stereocenters. The number of carbonyl (C=O) groups is 1. The Morgan fingerprint density at radius 1 is 0.902 bits per heavy atom. The molecule has 2 N–H and O–H groups in total. The molecule has 3 heterocycles. The van der Waals surface area contributed by atoms with E-state index in [-0.39, 0.29) is 47.9 Å². The first-order chi connectivity index (χ1) is 28.8. The third kappa shape index (κ3) is 9.89. The molecule has 1 fully saturated rings. The van der Waals surface area contributed by atoms with Crippen LogP contribution in [0.25, 0.3) is 21.9 Å². The monoisotopic (exact) mass is 864 g/mol. The van der Waals surface area contributed by atoms with Gasteiger partial charge in [0.1, 0.15) is 37.0 Å². The molecule has 0 bridgehead atoms. The summed E-state index contributed by atoms with van der Waals surface area (Å²) in [6.45, 7) is 23.1. The van der Waals surface area contributed by atoms with Crippen LogP contribution in [0.1, 0.15) is 59.8 Å². The van der Waals surface area contributed by atoms with Crippen molar-refractivity contribution < 1.29 is 32.6 Å². The Kier molecular flexibility index (Phi) is 12.6. The average Bonchev–Trinajstić information content (AvgIpc) is 3.60. The van der Waals surface area contributed by atoms with Gasteiger partial charge < -0.3 is 38.4 Å². The van der Waals surface area contributed by atoms with Crippen molar-refractivity contribution in [3.63, 3.8) is 0 Å². The molecule has 61 heavy (non-hydrogen) atoms. The zero-order valence-corrected chi connectivity index (χ0v) is 39.1. The first-order valence-corrected chi connectivity index (χ1v) is 26.9. The van der Waals surface area contributed by atoms with Crippen LogP contribution in [-0.2, 0) is 24.9 Å². The van der Waals surface area contributed by atoms with Crippen molar-refractivity contribution in [1.29, 1.82) is 0 Å². The Labute approximate surface area is 361 Å². The summed E-state index contributed by atoms with van der Waals surface area (Å²) in [5.41, 5.74) is 2.76. The van der Waals surface area contributed by atoms with E-state index in [2.05, 4.69) is 108 Å². The maximum absolute atomic E-state index is 13.9. The Morgan fingerprint density at radius 2 is 1.61 bits per heavy atom. The van der Waals surface area contributed by atoms with Crippen LogP contribution in [-0.4, -0.2) is 64.2 Å². The fourth-order valence-corrected chi connectivity index (χ4v) is 9.27. The van der Waals surface area contributed by atoms with Gasteiger partial charge in [0.05, 0.1) is 25.5 Å². The smallest absolute Gasteiger partial charge is 0.407 e. The van der Waals surface area contributed by atoms with Gasteiger partial charge in [0.15, 0.2) is 34.0 Å². The molecule has 14 heteroatoms. The largest absolute Gasteiger partial charge is 0.489 e. The standard InChI is InChI=1S/C47H60N4O8Si2/c1-46(2,3)60(7,8)56-30-40-36(59-61(9,10)47(4,5)6)27-41(58-40)51-28-39-43(50-44(51)52)49-42-37(54-24-23-48-45(53)55-29-31-17-12-11-13-18-31)25-33(26-38(42)57-39)35-22-16-20-32-19-14-15-21-34(32)35/h11-22,25-26,28,36,40-41H,23-24,27,29-30H2,1-10H3,(H,48,53)(H,49,50,52)/t36-,40+,41+/m0/s1. The van der Waals surface area contributed by atoms with Crippen LogP contribution in [0, 0.1) is 0 Å². The van der Waals surface area contributed by atoms with Gasteiger partial charge in [-0.15, -0.1) is 0 Å². The highest BCUT2D eigenvalue weighted by Crippen LogP contribution is 2.49. The van der Waals surface area contributed by atoms with Gasteiger partial charge in [-0.1, -0.05) is 114 Å². The number of fused-ring (bicyclic) bond motifs is 3. The number of hydrogen-bond acceptors (Lipinski definition) is 10. The number of amides is 1. The van der Waals surface area contributed by atoms with Gasteiger partial charge in [-0.25, -0.2) is 9.59 Å². The first-order valence-electron chi connectivity index (χ1n) is 21.1. The maximum atomic E-state index is 13.9. The van der Waals surface area contributed by atoms with Crippen molar-refractivity contribution in [3.8, 4) is 28.4 Å². The molecule has 0 spiro atoms. The van der Waals surface area contributed by atoms with Crippen LogP contribution in [0.15, 0.2) is 95.9 Å². The lowest BCUT2D eigenvalue weighted by atomic mass is 9.97. The predicted molar refractivity (Wildman–Crippen MR) is 245 cm³/mol. The van der Waals surface area contributed by atoms with Crippen molar-refractivity contribution in [2.24, 2.45) is 0 Å². The predicted octanol–water partition coefficient (Wildman–Crippen LogP) is 10.9. The minimum absolute atomic E-state index is 0.0205. The van der Waals surface area contributed by atoms with E-state index in [1.54, 1.807) is 6.20 Å². The Morgan fingerprint density at radius 3 is 2.34 bits per heavy atom. The van der Waals surface area contributed by atoms with Gasteiger partial charge in [0.2, 0.25) is 0 Å². The van der Waals surface area contributed by atoms with Crippen molar-refractivity contribution >= 4 is 45.0 Å². The molecule has 2 aliphatic heterocycles. The minimum Gasteiger partial charge on any atom is -0.489 e. The van der Waals surface area contributed by atoms with Crippen molar-refractivity contribution in [2.75, 3.05) is 25.1 Å². The van der Waals surface area contributed by atoms with E-state index in [1.165, 1.54) is 4.57 Å². The fraction of sp³-hybridized carbons (Fsp3) is 0.426. The third-order valence-corrected chi connectivity index (χ3v) is 21.6. The second-order valence-corrected chi connectivity index (χ2v) is 28.5. The molecule has 0 aliphatic carbocycles. The minimum atomic E-state index is -2.22. The summed E-state index contributed by atoms with van der Waals surface area (Å²) < 4.78 is 40.2. The number of alkyl carbamates (subject to hydrolysis) is 1. The average molecular weight is 865 g/mol. The molecular formula is C47H60N4O8Si2. The summed E-state index contributed by atoms with van der Waals surface area (Å²) in [6, 6.07) is 27.7. The summed E-state index contributed by atoms with van der Waals surface area (Å²) in [5, 5.41) is 8.24. The SMILES string of the molecule is CC(C)(C)[Si](C)(C)OC[C@H]1O[C@@H](n2cc3c(nc2=O)Nc2c(OCCNC(=O)OCc4ccccc4)cc(-c4cccc5ccccc45)cc2O3)C[C@@H]1O[Si](C)(C)C(C)(C)C. The zero-order valence-electron chi connectivity index (χ0n) is 37.1. The lowest BCUT2D eigenvalue weighted by Crippen LogP contribution is -2.48. The van der Waals surface area contributed by atoms with Gasteiger partial charge in [-0.2, -0.15) is 4.98 Å². The second-order valence-electron chi connectivity index (χ2n) is 18.9. The van der Waals surface area contributed by atoms with E-state index < -0.39 is 34.6 Å². The highest BCUT2D eigenvalue weighted by molar-refractivity contribution is 6.74. The number of rotatable bonds is 13. The number of carbonyl (C=O) groups excluding carboxylic acids is 1. The lowest BCUT2D eigenvalue weighted by Gasteiger charge is -2.40. The summed E-state index contributed by atoms with van der Waals surface area (Å²) in [4.78, 5) is 30.9. The van der Waals surface area contributed by atoms with Crippen LogP contribution < -0.4 is 25.8 Å². The molecule has 5 aromatic rings. The Bertz CT molecular complexity index is 2420. The molecule has 2 aliphatic rings. The van der Waals surface area contributed by atoms with Crippen LogP contribution in [0.5, 0.6) is 17.2 Å². The molecule has 1 aromatic heterocycles. The first kappa shape index (κ1) is 44.1. The third-order valence-electron chi connectivity index (χ3n) is 12.5. The van der Waals surface area contributed by atoms with Crippen molar-refractivity contribution in [3.05, 3.63) is 107 Å². The van der Waals surface area contributed by atoms with Gasteiger partial charge in [0, 0.05) is 6.42 Å². The molecular weight excluding hydrogens is 805 g/mol. The number of anilines is 2. The molecule has 1 amide bonds. The number of aromatic nitrogens is 2. The molecule has 7 rings (SSSR count). The van der Waals surface area contributed by atoms with Crippen LogP contribution in [0.2, 0.25) is 36.3 Å². The Balaban J connectivity index is 1.15. The number of nitrogens with one attached hydrogen (secondary N) is 2. The van der Waals surface area contributed by atoms with E-state index in [0.29, 0.717) is 36.0 Å². The summed E-state index contributed by atoms with van der Waals surface area (Å²) in [5.74, 6) is 1.57. The van der Waals surface area contributed by atoms with Crippen LogP contribution in [0.4, 0.5) is 16.3 Å². The van der Waals surface area contributed by atoms with E-state index >= 15 is 0 Å². The van der Waals surface area contributed by atoms with Crippen molar-refractivity contribution in [2.45, 2.75) is 109 Å². The van der Waals surface area contributed by atoms with Crippen LogP contribution in [0.3, 0.4) is 0 Å². The number of hydrogen-bond donors (Lipinski definition) is 2. The van der Waals surface area contributed by atoms with Gasteiger partial charge in [0.25, 0.3) is 0 Å². The fourth-order valence-electron chi connectivity index (χ4n) is 6.89. The molecule has 3 atom stereocenters. The van der Waals surface area contributed by atoms with Gasteiger partial charge >= 0.3 is 11.8 Å². The molecule has 324 valence electrons. The van der Waals surface area contributed by atoms with E-state index in [1.807, 2.05) is 60.7 Å². The summed E-state index contributed by atoms with van der Waals surface area (Å²) in [6.07, 6.45) is 0.279. The maximum Gasteiger partial charge on any atom is 0.407 e. The summed E-state index contributed by atoms with van der Waals surface area (Å²) >= 11 is 0. The number of nitrogens with zero attached hydrogens (tertiary/aromatic N) is 2. The van der Waals surface area contributed by atoms with E-state index in [9.17, 15) is 9.59 Å². The van der Waals surface area contributed by atoms with Crippen LogP contribution >= 0.6 is 0 Å². The Hall–Kier alpha value is -5.00. The van der Waals surface area contributed by atoms with Gasteiger partial charge in [-0.05, 0) is 75.9 Å². The number of ether oxygens (including phenoxy) is 4. The molecule has 0 radical (unpaired) electrons. The van der Waals surface area contributed by atoms with Gasteiger partial charge in [-0.3, -0.25) is 4.57 Å². The molecule has 12 nitrogen and oxygen atoms in total. The molecule has 1 saturated heterocycles. The molecule has 4 aromatic carbocycles. The highest BCUT2D eigenvalue weighted by Gasteiger charge is 2.47. The number of benzene rings is 4.